The first-order valence-corrected chi connectivity index (χ1v) is 6.02. The Labute approximate surface area is 108 Å². The number of para-hydroxylation sites is 1. The summed E-state index contributed by atoms with van der Waals surface area (Å²) in [5.41, 5.74) is 0.558. The van der Waals surface area contributed by atoms with Crippen molar-refractivity contribution in [3.05, 3.63) is 29.8 Å². The van der Waals surface area contributed by atoms with Gasteiger partial charge < -0.3 is 14.2 Å². The molecule has 0 aliphatic heterocycles. The van der Waals surface area contributed by atoms with E-state index in [2.05, 4.69) is 0 Å². The lowest BCUT2D eigenvalue weighted by molar-refractivity contribution is 0.0590. The monoisotopic (exact) mass is 252 g/mol. The van der Waals surface area contributed by atoms with Crippen molar-refractivity contribution in [3.63, 3.8) is 0 Å². The quantitative estimate of drug-likeness (QED) is 0.526. The van der Waals surface area contributed by atoms with E-state index in [4.69, 9.17) is 14.2 Å². The summed E-state index contributed by atoms with van der Waals surface area (Å²) in [7, 11) is 3.15. The van der Waals surface area contributed by atoms with E-state index in [9.17, 15) is 4.79 Å². The highest BCUT2D eigenvalue weighted by molar-refractivity contribution is 6.01. The van der Waals surface area contributed by atoms with Gasteiger partial charge in [-0.25, -0.2) is 0 Å². The average Bonchev–Trinajstić information content (AvgIpc) is 2.41. The van der Waals surface area contributed by atoms with Crippen LogP contribution in [-0.4, -0.2) is 39.3 Å². The van der Waals surface area contributed by atoms with E-state index in [1.165, 1.54) is 0 Å². The van der Waals surface area contributed by atoms with Crippen molar-refractivity contribution in [2.45, 2.75) is 19.4 Å². The van der Waals surface area contributed by atoms with Crippen LogP contribution in [0.2, 0.25) is 0 Å². The zero-order valence-corrected chi connectivity index (χ0v) is 11.1. The zero-order chi connectivity index (χ0) is 13.4. The molecule has 0 heterocycles. The predicted octanol–water partition coefficient (Wildman–Crippen LogP) is 2.32. The summed E-state index contributed by atoms with van der Waals surface area (Å²) in [6.07, 6.45) is 0.221. The molecule has 1 aromatic carbocycles. The van der Waals surface area contributed by atoms with Crippen LogP contribution in [0, 0.1) is 0 Å². The van der Waals surface area contributed by atoms with Crippen LogP contribution in [0.15, 0.2) is 24.3 Å². The van der Waals surface area contributed by atoms with Crippen LogP contribution in [0.1, 0.15) is 23.7 Å². The van der Waals surface area contributed by atoms with Crippen LogP contribution in [0.25, 0.3) is 0 Å². The predicted molar refractivity (Wildman–Crippen MR) is 69.2 cm³/mol. The topological polar surface area (TPSA) is 44.8 Å². The van der Waals surface area contributed by atoms with Gasteiger partial charge in [-0.05, 0) is 18.6 Å². The summed E-state index contributed by atoms with van der Waals surface area (Å²) >= 11 is 0. The van der Waals surface area contributed by atoms with Crippen LogP contribution in [0.5, 0.6) is 5.75 Å². The molecular formula is C14H20O4. The third-order valence-corrected chi connectivity index (χ3v) is 2.65. The molecule has 0 aromatic heterocycles. The second-order valence-electron chi connectivity index (χ2n) is 3.83. The molecule has 0 saturated carbocycles. The fraction of sp³-hybridized carbons (Fsp3) is 0.500. The Balaban J connectivity index is 2.83. The first kappa shape index (κ1) is 14.7. The van der Waals surface area contributed by atoms with Crippen molar-refractivity contribution in [1.82, 2.24) is 0 Å². The number of rotatable bonds is 8. The van der Waals surface area contributed by atoms with Gasteiger partial charge in [-0.1, -0.05) is 19.1 Å². The molecule has 0 spiro atoms. The molecule has 0 aliphatic carbocycles. The average molecular weight is 252 g/mol. The minimum Gasteiger partial charge on any atom is -0.490 e. The lowest BCUT2D eigenvalue weighted by Crippen LogP contribution is -2.23. The molecule has 0 amide bonds. The van der Waals surface area contributed by atoms with E-state index in [-0.39, 0.29) is 5.78 Å². The summed E-state index contributed by atoms with van der Waals surface area (Å²) < 4.78 is 15.6. The van der Waals surface area contributed by atoms with Gasteiger partial charge in [-0.15, -0.1) is 0 Å². The standard InChI is InChI=1S/C14H20O4/c1-4-12(17-3)14(15)11-7-5-6-8-13(11)18-10-9-16-2/h5-8,12H,4,9-10H2,1-3H3. The van der Waals surface area contributed by atoms with Gasteiger partial charge in [-0.3, -0.25) is 4.79 Å². The van der Waals surface area contributed by atoms with Gasteiger partial charge in [0.1, 0.15) is 18.5 Å². The molecular weight excluding hydrogens is 232 g/mol. The van der Waals surface area contributed by atoms with E-state index >= 15 is 0 Å². The highest BCUT2D eigenvalue weighted by atomic mass is 16.5. The molecule has 0 radical (unpaired) electrons. The third kappa shape index (κ3) is 3.82. The number of hydrogen-bond acceptors (Lipinski definition) is 4. The van der Waals surface area contributed by atoms with Gasteiger partial charge in [0.2, 0.25) is 0 Å². The molecule has 1 atom stereocenters. The van der Waals surface area contributed by atoms with E-state index in [0.717, 1.165) is 0 Å². The van der Waals surface area contributed by atoms with Crippen LogP contribution in [-0.2, 0) is 9.47 Å². The second kappa shape index (κ2) is 7.84. The number of ether oxygens (including phenoxy) is 3. The molecule has 0 saturated heterocycles. The van der Waals surface area contributed by atoms with Crippen molar-refractivity contribution >= 4 is 5.78 Å². The van der Waals surface area contributed by atoms with E-state index in [1.807, 2.05) is 19.1 Å². The van der Waals surface area contributed by atoms with Crippen molar-refractivity contribution in [3.8, 4) is 5.75 Å². The van der Waals surface area contributed by atoms with Crippen molar-refractivity contribution < 1.29 is 19.0 Å². The van der Waals surface area contributed by atoms with Crippen molar-refractivity contribution in [2.24, 2.45) is 0 Å². The Morgan fingerprint density at radius 2 is 1.94 bits per heavy atom. The Hall–Kier alpha value is -1.39. The molecule has 0 bridgehead atoms. The number of benzene rings is 1. The molecule has 0 aliphatic rings. The summed E-state index contributed by atoms with van der Waals surface area (Å²) in [6.45, 7) is 2.83. The number of ketones is 1. The van der Waals surface area contributed by atoms with E-state index < -0.39 is 6.10 Å². The van der Waals surface area contributed by atoms with Gasteiger partial charge in [0.15, 0.2) is 5.78 Å². The number of Topliss-reactive ketones (excluding diaryl/α,β-unsaturated/α-hetero) is 1. The van der Waals surface area contributed by atoms with E-state index in [1.54, 1.807) is 26.4 Å². The summed E-state index contributed by atoms with van der Waals surface area (Å²) in [5, 5.41) is 0. The minimum atomic E-state index is -0.419. The van der Waals surface area contributed by atoms with Gasteiger partial charge in [-0.2, -0.15) is 0 Å². The van der Waals surface area contributed by atoms with Crippen molar-refractivity contribution in [2.75, 3.05) is 27.4 Å². The van der Waals surface area contributed by atoms with Crippen LogP contribution in [0.3, 0.4) is 0 Å². The smallest absolute Gasteiger partial charge is 0.195 e. The molecule has 1 unspecified atom stereocenters. The first-order chi connectivity index (χ1) is 8.74. The molecule has 1 aromatic rings. The lowest BCUT2D eigenvalue weighted by atomic mass is 10.0. The maximum absolute atomic E-state index is 12.2. The van der Waals surface area contributed by atoms with Gasteiger partial charge in [0.25, 0.3) is 0 Å². The zero-order valence-electron chi connectivity index (χ0n) is 11.1. The molecule has 4 nitrogen and oxygen atoms in total. The Bertz CT molecular complexity index is 372. The van der Waals surface area contributed by atoms with Crippen LogP contribution in [0.4, 0.5) is 0 Å². The first-order valence-electron chi connectivity index (χ1n) is 6.02. The largest absolute Gasteiger partial charge is 0.490 e. The van der Waals surface area contributed by atoms with Crippen LogP contribution >= 0.6 is 0 Å². The molecule has 0 fully saturated rings. The van der Waals surface area contributed by atoms with Crippen LogP contribution < -0.4 is 4.74 Å². The molecule has 18 heavy (non-hydrogen) atoms. The molecule has 4 heteroatoms. The number of carbonyl (C=O) groups is 1. The highest BCUT2D eigenvalue weighted by Crippen LogP contribution is 2.21. The Kier molecular flexibility index (Phi) is 6.39. The second-order valence-corrected chi connectivity index (χ2v) is 3.83. The fourth-order valence-electron chi connectivity index (χ4n) is 1.66. The Morgan fingerprint density at radius 3 is 2.56 bits per heavy atom. The van der Waals surface area contributed by atoms with Gasteiger partial charge >= 0.3 is 0 Å². The Morgan fingerprint density at radius 1 is 1.22 bits per heavy atom. The highest BCUT2D eigenvalue weighted by Gasteiger charge is 2.20. The fourth-order valence-corrected chi connectivity index (χ4v) is 1.66. The summed E-state index contributed by atoms with van der Waals surface area (Å²) in [6, 6.07) is 7.20. The van der Waals surface area contributed by atoms with Gasteiger partial charge in [0, 0.05) is 14.2 Å². The lowest BCUT2D eigenvalue weighted by Gasteiger charge is -2.15. The number of hydrogen-bond donors (Lipinski definition) is 0. The van der Waals surface area contributed by atoms with Gasteiger partial charge in [0.05, 0.1) is 12.2 Å². The SMILES string of the molecule is CCC(OC)C(=O)c1ccccc1OCCOC. The molecule has 100 valence electrons. The summed E-state index contributed by atoms with van der Waals surface area (Å²) in [4.78, 5) is 12.2. The maximum atomic E-state index is 12.2. The maximum Gasteiger partial charge on any atom is 0.195 e. The molecule has 0 N–H and O–H groups in total. The minimum absolute atomic E-state index is 0.0481. The normalized spacial score (nSPS) is 12.2. The van der Waals surface area contributed by atoms with E-state index in [0.29, 0.717) is 30.9 Å². The summed E-state index contributed by atoms with van der Waals surface area (Å²) in [5.74, 6) is 0.531. The molecule has 1 rings (SSSR count). The number of methoxy groups -OCH3 is 2. The van der Waals surface area contributed by atoms with Crippen molar-refractivity contribution in [1.29, 1.82) is 0 Å². The third-order valence-electron chi connectivity index (χ3n) is 2.65. The number of carbonyl (C=O) groups excluding carboxylic acids is 1.